The highest BCUT2D eigenvalue weighted by Gasteiger charge is 2.00. The van der Waals surface area contributed by atoms with Crippen molar-refractivity contribution in [3.8, 4) is 11.8 Å². The van der Waals surface area contributed by atoms with Gasteiger partial charge in [0.05, 0.1) is 6.54 Å². The Morgan fingerprint density at radius 3 is 2.94 bits per heavy atom. The first-order valence-corrected chi connectivity index (χ1v) is 6.03. The summed E-state index contributed by atoms with van der Waals surface area (Å²) < 4.78 is 2.18. The summed E-state index contributed by atoms with van der Waals surface area (Å²) in [5.74, 6) is 6.02. The second kappa shape index (κ2) is 5.56. The van der Waals surface area contributed by atoms with Crippen LogP contribution >= 0.6 is 0 Å². The molecule has 0 aliphatic carbocycles. The summed E-state index contributed by atoms with van der Waals surface area (Å²) in [6.07, 6.45) is 2.10. The molecule has 0 saturated carbocycles. The minimum Gasteiger partial charge on any atom is -0.336 e. The van der Waals surface area contributed by atoms with Crippen LogP contribution in [-0.2, 0) is 13.1 Å². The van der Waals surface area contributed by atoms with E-state index >= 15 is 0 Å². The van der Waals surface area contributed by atoms with Crippen molar-refractivity contribution in [3.05, 3.63) is 36.0 Å². The highest BCUT2D eigenvalue weighted by Crippen LogP contribution is 2.17. The van der Waals surface area contributed by atoms with Gasteiger partial charge in [-0.2, -0.15) is 0 Å². The van der Waals surface area contributed by atoms with Gasteiger partial charge in [-0.05, 0) is 42.6 Å². The van der Waals surface area contributed by atoms with Crippen LogP contribution in [0, 0.1) is 11.8 Å². The van der Waals surface area contributed by atoms with E-state index in [0.717, 1.165) is 19.6 Å². The molecule has 1 aromatic carbocycles. The molecule has 17 heavy (non-hydrogen) atoms. The van der Waals surface area contributed by atoms with E-state index in [2.05, 4.69) is 59.1 Å². The first-order valence-electron chi connectivity index (χ1n) is 6.03. The van der Waals surface area contributed by atoms with Crippen LogP contribution in [0.5, 0.6) is 0 Å². The summed E-state index contributed by atoms with van der Waals surface area (Å²) in [6.45, 7) is 6.71. The van der Waals surface area contributed by atoms with Gasteiger partial charge >= 0.3 is 0 Å². The molecule has 2 nitrogen and oxygen atoms in total. The summed E-state index contributed by atoms with van der Waals surface area (Å²) in [7, 11) is 0. The Labute approximate surface area is 103 Å². The Morgan fingerprint density at radius 2 is 2.18 bits per heavy atom. The van der Waals surface area contributed by atoms with E-state index < -0.39 is 0 Å². The van der Waals surface area contributed by atoms with Crippen molar-refractivity contribution in [3.63, 3.8) is 0 Å². The van der Waals surface area contributed by atoms with Gasteiger partial charge in [0.15, 0.2) is 0 Å². The largest absolute Gasteiger partial charge is 0.336 e. The molecule has 0 fully saturated rings. The molecule has 0 radical (unpaired) electrons. The number of nitrogens with one attached hydrogen (secondary N) is 1. The molecule has 0 atom stereocenters. The monoisotopic (exact) mass is 226 g/mol. The predicted octanol–water partition coefficient (Wildman–Crippen LogP) is 2.77. The molecule has 0 saturated heterocycles. The number of rotatable bonds is 4. The van der Waals surface area contributed by atoms with E-state index in [1.807, 2.05) is 6.92 Å². The lowest BCUT2D eigenvalue weighted by molar-refractivity contribution is 0.727. The number of nitrogens with zero attached hydrogens (tertiary/aromatic N) is 1. The van der Waals surface area contributed by atoms with Crippen molar-refractivity contribution in [1.82, 2.24) is 9.88 Å². The second-order valence-corrected chi connectivity index (χ2v) is 4.04. The average molecular weight is 226 g/mol. The standard InChI is InChI=1S/C15H18N2/c1-3-5-9-17-10-8-14-11-13(12-16-4-2)6-7-15(14)17/h6-8,10-11,16H,4,9,12H2,1-2H3. The lowest BCUT2D eigenvalue weighted by Crippen LogP contribution is -2.11. The van der Waals surface area contributed by atoms with E-state index in [1.165, 1.54) is 16.5 Å². The zero-order valence-corrected chi connectivity index (χ0v) is 10.5. The smallest absolute Gasteiger partial charge is 0.0837 e. The Kier molecular flexibility index (Phi) is 3.85. The first-order chi connectivity index (χ1) is 8.35. The maximum Gasteiger partial charge on any atom is 0.0837 e. The van der Waals surface area contributed by atoms with Crippen molar-refractivity contribution < 1.29 is 0 Å². The average Bonchev–Trinajstić information content (AvgIpc) is 2.76. The van der Waals surface area contributed by atoms with Gasteiger partial charge in [-0.3, -0.25) is 0 Å². The minimum absolute atomic E-state index is 0.770. The van der Waals surface area contributed by atoms with Crippen LogP contribution in [0.25, 0.3) is 10.9 Å². The van der Waals surface area contributed by atoms with Crippen molar-refractivity contribution in [2.75, 3.05) is 6.54 Å². The highest BCUT2D eigenvalue weighted by atomic mass is 14.9. The van der Waals surface area contributed by atoms with Gasteiger partial charge in [0.1, 0.15) is 0 Å². The zero-order chi connectivity index (χ0) is 12.1. The maximum atomic E-state index is 3.34. The number of benzene rings is 1. The first kappa shape index (κ1) is 11.8. The molecule has 2 heteroatoms. The van der Waals surface area contributed by atoms with Gasteiger partial charge in [-0.1, -0.05) is 18.9 Å². The fourth-order valence-corrected chi connectivity index (χ4v) is 1.93. The van der Waals surface area contributed by atoms with Gasteiger partial charge in [-0.15, -0.1) is 5.92 Å². The Hall–Kier alpha value is -1.72. The SMILES string of the molecule is CC#CCn1ccc2cc(CNCC)ccc21. The fraction of sp³-hybridized carbons (Fsp3) is 0.333. The topological polar surface area (TPSA) is 17.0 Å². The third-order valence-electron chi connectivity index (χ3n) is 2.84. The predicted molar refractivity (Wildman–Crippen MR) is 72.8 cm³/mol. The lowest BCUT2D eigenvalue weighted by Gasteiger charge is -2.04. The van der Waals surface area contributed by atoms with Crippen molar-refractivity contribution in [2.24, 2.45) is 0 Å². The summed E-state index contributed by atoms with van der Waals surface area (Å²) in [5.41, 5.74) is 2.59. The molecule has 0 spiro atoms. The fourth-order valence-electron chi connectivity index (χ4n) is 1.93. The Bertz CT molecular complexity index is 555. The molecule has 88 valence electrons. The summed E-state index contributed by atoms with van der Waals surface area (Å²) in [5, 5.41) is 4.63. The van der Waals surface area contributed by atoms with Crippen LogP contribution in [0.3, 0.4) is 0 Å². The van der Waals surface area contributed by atoms with Crippen LogP contribution in [0.15, 0.2) is 30.5 Å². The third-order valence-corrected chi connectivity index (χ3v) is 2.84. The zero-order valence-electron chi connectivity index (χ0n) is 10.5. The van der Waals surface area contributed by atoms with Gasteiger partial charge in [0, 0.05) is 18.3 Å². The molecule has 0 unspecified atom stereocenters. The van der Waals surface area contributed by atoms with E-state index in [-0.39, 0.29) is 0 Å². The third kappa shape index (κ3) is 2.69. The Balaban J connectivity index is 2.26. The Morgan fingerprint density at radius 1 is 1.29 bits per heavy atom. The molecule has 2 aromatic rings. The van der Waals surface area contributed by atoms with Crippen LogP contribution in [0.1, 0.15) is 19.4 Å². The number of aromatic nitrogens is 1. The van der Waals surface area contributed by atoms with Crippen LogP contribution in [0.2, 0.25) is 0 Å². The summed E-state index contributed by atoms with van der Waals surface area (Å²) in [4.78, 5) is 0. The molecule has 0 amide bonds. The van der Waals surface area contributed by atoms with Crippen LogP contribution in [0.4, 0.5) is 0 Å². The molecule has 1 aromatic heterocycles. The van der Waals surface area contributed by atoms with E-state index in [4.69, 9.17) is 0 Å². The van der Waals surface area contributed by atoms with Crippen molar-refractivity contribution in [2.45, 2.75) is 26.9 Å². The number of hydrogen-bond acceptors (Lipinski definition) is 1. The molecular formula is C15H18N2. The van der Waals surface area contributed by atoms with E-state index in [1.54, 1.807) is 0 Å². The van der Waals surface area contributed by atoms with Crippen molar-refractivity contribution >= 4 is 10.9 Å². The second-order valence-electron chi connectivity index (χ2n) is 4.04. The lowest BCUT2D eigenvalue weighted by atomic mass is 10.1. The van der Waals surface area contributed by atoms with Gasteiger partial charge in [0.25, 0.3) is 0 Å². The maximum absolute atomic E-state index is 3.34. The highest BCUT2D eigenvalue weighted by molar-refractivity contribution is 5.81. The number of hydrogen-bond donors (Lipinski definition) is 1. The van der Waals surface area contributed by atoms with E-state index in [9.17, 15) is 0 Å². The van der Waals surface area contributed by atoms with Crippen LogP contribution < -0.4 is 5.32 Å². The molecule has 0 bridgehead atoms. The molecule has 0 aliphatic rings. The van der Waals surface area contributed by atoms with Crippen molar-refractivity contribution in [1.29, 1.82) is 0 Å². The number of fused-ring (bicyclic) bond motifs is 1. The molecular weight excluding hydrogens is 208 g/mol. The molecule has 0 aliphatic heterocycles. The molecule has 1 heterocycles. The summed E-state index contributed by atoms with van der Waals surface area (Å²) in [6, 6.07) is 8.76. The molecule has 1 N–H and O–H groups in total. The van der Waals surface area contributed by atoms with Crippen LogP contribution in [-0.4, -0.2) is 11.1 Å². The van der Waals surface area contributed by atoms with Gasteiger partial charge in [0.2, 0.25) is 0 Å². The normalized spacial score (nSPS) is 10.2. The van der Waals surface area contributed by atoms with E-state index in [0.29, 0.717) is 0 Å². The van der Waals surface area contributed by atoms with Gasteiger partial charge < -0.3 is 9.88 Å². The quantitative estimate of drug-likeness (QED) is 0.793. The molecule has 2 rings (SSSR count). The van der Waals surface area contributed by atoms with Gasteiger partial charge in [-0.25, -0.2) is 0 Å². The minimum atomic E-state index is 0.770. The summed E-state index contributed by atoms with van der Waals surface area (Å²) >= 11 is 0.